The standard InChI is InChI=1S/C11H16N2/c1-12-7-6-9-8-13-11-5-3-2-4-10(9)11/h2-5,9,12-13H,6-8H2,1H3. The highest BCUT2D eigenvalue weighted by Gasteiger charge is 2.20. The van der Waals surface area contributed by atoms with Gasteiger partial charge in [-0.25, -0.2) is 0 Å². The summed E-state index contributed by atoms with van der Waals surface area (Å²) in [6.45, 7) is 2.20. The van der Waals surface area contributed by atoms with Crippen molar-refractivity contribution in [2.45, 2.75) is 12.3 Å². The molecule has 70 valence electrons. The van der Waals surface area contributed by atoms with Crippen molar-refractivity contribution in [3.8, 4) is 0 Å². The predicted molar refractivity (Wildman–Crippen MR) is 56.2 cm³/mol. The molecule has 1 aliphatic rings. The molecule has 2 rings (SSSR count). The molecule has 1 atom stereocenters. The van der Waals surface area contributed by atoms with Crippen LogP contribution in [-0.4, -0.2) is 20.1 Å². The van der Waals surface area contributed by atoms with Crippen LogP contribution in [0.15, 0.2) is 24.3 Å². The van der Waals surface area contributed by atoms with Gasteiger partial charge in [-0.3, -0.25) is 0 Å². The third kappa shape index (κ3) is 1.68. The van der Waals surface area contributed by atoms with Crippen molar-refractivity contribution in [3.05, 3.63) is 29.8 Å². The molecular weight excluding hydrogens is 160 g/mol. The van der Waals surface area contributed by atoms with Gasteiger partial charge in [0.2, 0.25) is 0 Å². The summed E-state index contributed by atoms with van der Waals surface area (Å²) < 4.78 is 0. The minimum absolute atomic E-state index is 0.698. The zero-order chi connectivity index (χ0) is 9.10. The first kappa shape index (κ1) is 8.57. The number of fused-ring (bicyclic) bond motifs is 1. The van der Waals surface area contributed by atoms with E-state index in [-0.39, 0.29) is 0 Å². The van der Waals surface area contributed by atoms with Crippen LogP contribution in [0.4, 0.5) is 5.69 Å². The van der Waals surface area contributed by atoms with Crippen LogP contribution < -0.4 is 10.6 Å². The average Bonchev–Trinajstić information content (AvgIpc) is 2.58. The maximum absolute atomic E-state index is 3.43. The Kier molecular flexibility index (Phi) is 2.50. The Morgan fingerprint density at radius 1 is 1.46 bits per heavy atom. The van der Waals surface area contributed by atoms with Crippen molar-refractivity contribution in [1.82, 2.24) is 5.32 Å². The molecule has 1 heterocycles. The lowest BCUT2D eigenvalue weighted by Crippen LogP contribution is -2.13. The summed E-state index contributed by atoms with van der Waals surface area (Å²) in [7, 11) is 2.01. The van der Waals surface area contributed by atoms with Crippen LogP contribution in [0.1, 0.15) is 17.9 Å². The van der Waals surface area contributed by atoms with Crippen LogP contribution in [0, 0.1) is 0 Å². The highest BCUT2D eigenvalue weighted by Crippen LogP contribution is 2.32. The van der Waals surface area contributed by atoms with E-state index in [1.165, 1.54) is 17.7 Å². The summed E-state index contributed by atoms with van der Waals surface area (Å²) in [5.74, 6) is 0.698. The van der Waals surface area contributed by atoms with Crippen molar-refractivity contribution in [2.24, 2.45) is 0 Å². The van der Waals surface area contributed by atoms with Crippen molar-refractivity contribution >= 4 is 5.69 Å². The number of hydrogen-bond donors (Lipinski definition) is 2. The lowest BCUT2D eigenvalue weighted by molar-refractivity contribution is 0.634. The summed E-state index contributed by atoms with van der Waals surface area (Å²) in [5, 5.41) is 6.63. The van der Waals surface area contributed by atoms with E-state index in [1.54, 1.807) is 0 Å². The summed E-state index contributed by atoms with van der Waals surface area (Å²) in [5.41, 5.74) is 2.81. The molecule has 1 aromatic rings. The summed E-state index contributed by atoms with van der Waals surface area (Å²) in [6, 6.07) is 8.61. The second-order valence-corrected chi connectivity index (χ2v) is 3.56. The highest BCUT2D eigenvalue weighted by molar-refractivity contribution is 5.57. The lowest BCUT2D eigenvalue weighted by atomic mass is 9.98. The van der Waals surface area contributed by atoms with Gasteiger partial charge in [0, 0.05) is 18.2 Å². The molecule has 0 aromatic heterocycles. The topological polar surface area (TPSA) is 24.1 Å². The van der Waals surface area contributed by atoms with Gasteiger partial charge in [0.1, 0.15) is 0 Å². The monoisotopic (exact) mass is 176 g/mol. The molecule has 13 heavy (non-hydrogen) atoms. The summed E-state index contributed by atoms with van der Waals surface area (Å²) in [6.07, 6.45) is 1.22. The predicted octanol–water partition coefficient (Wildman–Crippen LogP) is 1.81. The minimum atomic E-state index is 0.698. The summed E-state index contributed by atoms with van der Waals surface area (Å²) in [4.78, 5) is 0. The van der Waals surface area contributed by atoms with Gasteiger partial charge in [-0.05, 0) is 31.6 Å². The van der Waals surface area contributed by atoms with Gasteiger partial charge in [-0.15, -0.1) is 0 Å². The van der Waals surface area contributed by atoms with Crippen molar-refractivity contribution < 1.29 is 0 Å². The van der Waals surface area contributed by atoms with Crippen molar-refractivity contribution in [1.29, 1.82) is 0 Å². The third-order valence-corrected chi connectivity index (χ3v) is 2.68. The lowest BCUT2D eigenvalue weighted by Gasteiger charge is -2.08. The smallest absolute Gasteiger partial charge is 0.0376 e. The van der Waals surface area contributed by atoms with Gasteiger partial charge in [-0.2, -0.15) is 0 Å². The summed E-state index contributed by atoms with van der Waals surface area (Å²) >= 11 is 0. The molecule has 0 saturated carbocycles. The van der Waals surface area contributed by atoms with Crippen LogP contribution in [0.25, 0.3) is 0 Å². The first-order valence-corrected chi connectivity index (χ1v) is 4.89. The second kappa shape index (κ2) is 3.79. The van der Waals surface area contributed by atoms with Gasteiger partial charge >= 0.3 is 0 Å². The van der Waals surface area contributed by atoms with Gasteiger partial charge in [0.15, 0.2) is 0 Å². The molecule has 0 aliphatic carbocycles. The van der Waals surface area contributed by atoms with Gasteiger partial charge < -0.3 is 10.6 Å². The van der Waals surface area contributed by atoms with Crippen LogP contribution in [0.5, 0.6) is 0 Å². The van der Waals surface area contributed by atoms with E-state index >= 15 is 0 Å². The molecule has 0 saturated heterocycles. The number of benzene rings is 1. The van der Waals surface area contributed by atoms with E-state index in [1.807, 2.05) is 7.05 Å². The number of nitrogens with one attached hydrogen (secondary N) is 2. The molecule has 2 N–H and O–H groups in total. The fourth-order valence-corrected chi connectivity index (χ4v) is 1.93. The SMILES string of the molecule is CNCCC1CNc2ccccc21. The van der Waals surface area contributed by atoms with Crippen molar-refractivity contribution in [3.63, 3.8) is 0 Å². The molecular formula is C11H16N2. The molecule has 0 bridgehead atoms. The molecule has 0 fully saturated rings. The van der Waals surface area contributed by atoms with E-state index in [2.05, 4.69) is 34.9 Å². The van der Waals surface area contributed by atoms with E-state index in [4.69, 9.17) is 0 Å². The Balaban J connectivity index is 2.09. The van der Waals surface area contributed by atoms with Gasteiger partial charge in [0.25, 0.3) is 0 Å². The van der Waals surface area contributed by atoms with E-state index in [0.29, 0.717) is 5.92 Å². The number of para-hydroxylation sites is 1. The zero-order valence-electron chi connectivity index (χ0n) is 8.01. The van der Waals surface area contributed by atoms with Gasteiger partial charge in [0.05, 0.1) is 0 Å². The minimum Gasteiger partial charge on any atom is -0.384 e. The van der Waals surface area contributed by atoms with Crippen LogP contribution in [-0.2, 0) is 0 Å². The molecule has 0 radical (unpaired) electrons. The third-order valence-electron chi connectivity index (χ3n) is 2.68. The van der Waals surface area contributed by atoms with Crippen LogP contribution in [0.3, 0.4) is 0 Å². The van der Waals surface area contributed by atoms with Crippen LogP contribution in [0.2, 0.25) is 0 Å². The van der Waals surface area contributed by atoms with Crippen LogP contribution >= 0.6 is 0 Å². The molecule has 0 amide bonds. The normalized spacial score (nSPS) is 19.6. The molecule has 0 spiro atoms. The highest BCUT2D eigenvalue weighted by atomic mass is 14.9. The Morgan fingerprint density at radius 3 is 3.15 bits per heavy atom. The molecule has 2 heteroatoms. The molecule has 1 aromatic carbocycles. The number of rotatable bonds is 3. The fourth-order valence-electron chi connectivity index (χ4n) is 1.93. The Labute approximate surface area is 79.4 Å². The quantitative estimate of drug-likeness (QED) is 0.734. The molecule has 1 aliphatic heterocycles. The van der Waals surface area contributed by atoms with Crippen molar-refractivity contribution in [2.75, 3.05) is 25.5 Å². The Morgan fingerprint density at radius 2 is 2.31 bits per heavy atom. The molecule has 2 nitrogen and oxygen atoms in total. The fraction of sp³-hybridized carbons (Fsp3) is 0.455. The Bertz CT molecular complexity index is 283. The maximum atomic E-state index is 3.43. The average molecular weight is 176 g/mol. The first-order valence-electron chi connectivity index (χ1n) is 4.89. The van der Waals surface area contributed by atoms with E-state index < -0.39 is 0 Å². The molecule has 1 unspecified atom stereocenters. The zero-order valence-corrected chi connectivity index (χ0v) is 8.01. The number of anilines is 1. The van der Waals surface area contributed by atoms with E-state index in [0.717, 1.165) is 13.1 Å². The first-order chi connectivity index (χ1) is 6.42. The maximum Gasteiger partial charge on any atom is 0.0376 e. The number of hydrogen-bond acceptors (Lipinski definition) is 2. The van der Waals surface area contributed by atoms with E-state index in [9.17, 15) is 0 Å². The second-order valence-electron chi connectivity index (χ2n) is 3.56. The van der Waals surface area contributed by atoms with Gasteiger partial charge in [-0.1, -0.05) is 18.2 Å². The Hall–Kier alpha value is -1.02. The largest absolute Gasteiger partial charge is 0.384 e.